The van der Waals surface area contributed by atoms with E-state index < -0.39 is 6.36 Å². The first kappa shape index (κ1) is 11.1. The van der Waals surface area contributed by atoms with Gasteiger partial charge in [0.25, 0.3) is 0 Å². The Bertz CT molecular complexity index is 132. The van der Waals surface area contributed by atoms with Gasteiger partial charge in [0.1, 0.15) is 12.9 Å². The molecule has 0 amide bonds. The molecule has 0 fully saturated rings. The van der Waals surface area contributed by atoms with Crippen LogP contribution in [0.4, 0.5) is 13.2 Å². The van der Waals surface area contributed by atoms with Gasteiger partial charge in [-0.05, 0) is 0 Å². The number of alkyl halides is 3. The molecule has 1 radical (unpaired) electrons. The summed E-state index contributed by atoms with van der Waals surface area (Å²) in [6.07, 6.45) is -2.55. The third-order valence-corrected chi connectivity index (χ3v) is 0.714. The molecule has 0 aliphatic heterocycles. The summed E-state index contributed by atoms with van der Waals surface area (Å²) in [5.74, 6) is 0. The zero-order valence-corrected chi connectivity index (χ0v) is 6.35. The molecular formula is C6H8F3O3. The molecule has 0 aliphatic rings. The van der Waals surface area contributed by atoms with Crippen molar-refractivity contribution in [3.8, 4) is 0 Å². The lowest BCUT2D eigenvalue weighted by molar-refractivity contribution is -0.299. The number of hydrogen-bond acceptors (Lipinski definition) is 3. The van der Waals surface area contributed by atoms with E-state index in [2.05, 4.69) is 14.2 Å². The van der Waals surface area contributed by atoms with Crippen LogP contribution in [0, 0.1) is 6.26 Å². The molecule has 0 heterocycles. The van der Waals surface area contributed by atoms with Gasteiger partial charge in [-0.1, -0.05) is 0 Å². The number of hydrogen-bond donors (Lipinski definition) is 0. The second-order valence-electron chi connectivity index (χ2n) is 1.64. The summed E-state index contributed by atoms with van der Waals surface area (Å²) in [4.78, 5) is 0. The Hall–Kier alpha value is -0.910. The van der Waals surface area contributed by atoms with E-state index in [1.165, 1.54) is 7.11 Å². The average molecular weight is 185 g/mol. The minimum absolute atomic E-state index is 0.133. The Morgan fingerprint density at radius 1 is 1.33 bits per heavy atom. The molecule has 0 saturated carbocycles. The summed E-state index contributed by atoms with van der Waals surface area (Å²) in [5, 5.41) is 0. The maximum absolute atomic E-state index is 11.3. The van der Waals surface area contributed by atoms with Crippen LogP contribution in [0.3, 0.4) is 0 Å². The summed E-state index contributed by atoms with van der Waals surface area (Å²) in [7, 11) is 1.44. The third-order valence-electron chi connectivity index (χ3n) is 0.714. The Labute approximate surface area is 67.7 Å². The minimum atomic E-state index is -4.68. The molecule has 0 spiro atoms. The standard InChI is InChI=1S/C6H8F3O3/c1-10-2-3-11-4-5-12-6(7,8)9/h5H,2-3H2,1H3. The summed E-state index contributed by atoms with van der Waals surface area (Å²) in [5.41, 5.74) is 0. The summed E-state index contributed by atoms with van der Waals surface area (Å²) < 4.78 is 45.9. The van der Waals surface area contributed by atoms with Crippen molar-refractivity contribution < 1.29 is 27.4 Å². The molecule has 0 saturated heterocycles. The molecule has 0 aromatic carbocycles. The lowest BCUT2D eigenvalue weighted by Gasteiger charge is -2.02. The molecule has 0 atom stereocenters. The highest BCUT2D eigenvalue weighted by molar-refractivity contribution is 4.52. The Morgan fingerprint density at radius 3 is 2.50 bits per heavy atom. The third kappa shape index (κ3) is 9.09. The van der Waals surface area contributed by atoms with Crippen LogP contribution in [0.2, 0.25) is 0 Å². The van der Waals surface area contributed by atoms with Crippen LogP contribution in [0.5, 0.6) is 0 Å². The molecule has 3 nitrogen and oxygen atoms in total. The van der Waals surface area contributed by atoms with Gasteiger partial charge in [-0.25, -0.2) is 0 Å². The van der Waals surface area contributed by atoms with Gasteiger partial charge in [0, 0.05) is 7.11 Å². The fraction of sp³-hybridized carbons (Fsp3) is 0.667. The second-order valence-corrected chi connectivity index (χ2v) is 1.64. The lowest BCUT2D eigenvalue weighted by atomic mass is 10.8. The highest BCUT2D eigenvalue weighted by atomic mass is 19.4. The van der Waals surface area contributed by atoms with Gasteiger partial charge in [0.2, 0.25) is 0 Å². The van der Waals surface area contributed by atoms with Crippen LogP contribution in [0.15, 0.2) is 6.26 Å². The van der Waals surface area contributed by atoms with Crippen LogP contribution in [-0.4, -0.2) is 26.7 Å². The maximum Gasteiger partial charge on any atom is 0.572 e. The first-order valence-corrected chi connectivity index (χ1v) is 2.99. The zero-order valence-electron chi connectivity index (χ0n) is 6.35. The summed E-state index contributed by atoms with van der Waals surface area (Å²) >= 11 is 0. The van der Waals surface area contributed by atoms with Crippen molar-refractivity contribution in [3.05, 3.63) is 12.5 Å². The zero-order chi connectivity index (χ0) is 9.45. The second kappa shape index (κ2) is 5.70. The molecular weight excluding hydrogens is 177 g/mol. The average Bonchev–Trinajstić information content (AvgIpc) is 1.94. The Balaban J connectivity index is 3.26. The molecule has 0 aromatic rings. The number of rotatable bonds is 5. The fourth-order valence-electron chi connectivity index (χ4n) is 0.309. The molecule has 0 unspecified atom stereocenters. The van der Waals surface area contributed by atoms with E-state index in [-0.39, 0.29) is 13.2 Å². The lowest BCUT2D eigenvalue weighted by Crippen LogP contribution is -2.08. The van der Waals surface area contributed by atoms with Gasteiger partial charge >= 0.3 is 6.36 Å². The van der Waals surface area contributed by atoms with E-state index in [0.29, 0.717) is 6.26 Å². The van der Waals surface area contributed by atoms with Crippen molar-refractivity contribution in [2.75, 3.05) is 20.3 Å². The topological polar surface area (TPSA) is 27.7 Å². The van der Waals surface area contributed by atoms with Crippen LogP contribution in [-0.2, 0) is 14.2 Å². The number of methoxy groups -OCH3 is 1. The van der Waals surface area contributed by atoms with Crippen molar-refractivity contribution in [1.29, 1.82) is 0 Å². The molecule has 12 heavy (non-hydrogen) atoms. The monoisotopic (exact) mass is 185 g/mol. The highest BCUT2D eigenvalue weighted by Crippen LogP contribution is 2.15. The molecule has 0 aliphatic carbocycles. The predicted molar refractivity (Wildman–Crippen MR) is 32.8 cm³/mol. The van der Waals surface area contributed by atoms with E-state index >= 15 is 0 Å². The van der Waals surface area contributed by atoms with Gasteiger partial charge in [-0.15, -0.1) is 13.2 Å². The molecule has 0 aromatic heterocycles. The van der Waals surface area contributed by atoms with E-state index in [1.807, 2.05) is 6.26 Å². The van der Waals surface area contributed by atoms with Crippen LogP contribution in [0.1, 0.15) is 0 Å². The SMILES string of the molecule is COCCO/[C]=C\OC(F)(F)F. The predicted octanol–water partition coefficient (Wildman–Crippen LogP) is 1.46. The van der Waals surface area contributed by atoms with Crippen molar-refractivity contribution in [3.63, 3.8) is 0 Å². The van der Waals surface area contributed by atoms with Crippen LogP contribution >= 0.6 is 0 Å². The normalized spacial score (nSPS) is 12.0. The number of halogens is 3. The highest BCUT2D eigenvalue weighted by Gasteiger charge is 2.28. The Kier molecular flexibility index (Phi) is 5.27. The fourth-order valence-corrected chi connectivity index (χ4v) is 0.309. The molecule has 0 rings (SSSR count). The van der Waals surface area contributed by atoms with E-state index in [1.54, 1.807) is 0 Å². The molecule has 71 valence electrons. The van der Waals surface area contributed by atoms with Crippen molar-refractivity contribution >= 4 is 0 Å². The van der Waals surface area contributed by atoms with Crippen LogP contribution < -0.4 is 0 Å². The first-order valence-electron chi connectivity index (χ1n) is 2.99. The maximum atomic E-state index is 11.3. The van der Waals surface area contributed by atoms with Gasteiger partial charge in [0.15, 0.2) is 6.26 Å². The molecule has 0 bridgehead atoms. The summed E-state index contributed by atoms with van der Waals surface area (Å²) in [6, 6.07) is 0. The van der Waals surface area contributed by atoms with Crippen molar-refractivity contribution in [2.24, 2.45) is 0 Å². The quantitative estimate of drug-likeness (QED) is 0.479. The van der Waals surface area contributed by atoms with Crippen molar-refractivity contribution in [1.82, 2.24) is 0 Å². The largest absolute Gasteiger partial charge is 0.572 e. The first-order chi connectivity index (χ1) is 5.56. The van der Waals surface area contributed by atoms with E-state index in [9.17, 15) is 13.2 Å². The molecule has 0 N–H and O–H groups in total. The van der Waals surface area contributed by atoms with Gasteiger partial charge in [-0.2, -0.15) is 0 Å². The van der Waals surface area contributed by atoms with E-state index in [4.69, 9.17) is 0 Å². The molecule has 6 heteroatoms. The van der Waals surface area contributed by atoms with Crippen molar-refractivity contribution in [2.45, 2.75) is 6.36 Å². The number of ether oxygens (including phenoxy) is 3. The van der Waals surface area contributed by atoms with Gasteiger partial charge < -0.3 is 14.2 Å². The van der Waals surface area contributed by atoms with Gasteiger partial charge in [0.05, 0.1) is 6.61 Å². The minimum Gasteiger partial charge on any atom is -0.484 e. The van der Waals surface area contributed by atoms with E-state index in [0.717, 1.165) is 0 Å². The van der Waals surface area contributed by atoms with Crippen LogP contribution in [0.25, 0.3) is 0 Å². The van der Waals surface area contributed by atoms with Gasteiger partial charge in [-0.3, -0.25) is 0 Å². The smallest absolute Gasteiger partial charge is 0.484 e. The Morgan fingerprint density at radius 2 is 2.00 bits per heavy atom. The summed E-state index contributed by atoms with van der Waals surface area (Å²) in [6.45, 7) is 0.418.